The van der Waals surface area contributed by atoms with E-state index in [2.05, 4.69) is 33.4 Å². The molecule has 0 aliphatic heterocycles. The summed E-state index contributed by atoms with van der Waals surface area (Å²) in [6, 6.07) is 0. The highest BCUT2D eigenvalue weighted by Gasteiger charge is 2.30. The van der Waals surface area contributed by atoms with Crippen molar-refractivity contribution in [2.45, 2.75) is 66.7 Å². The molecule has 0 unspecified atom stereocenters. The predicted octanol–water partition coefficient (Wildman–Crippen LogP) is 5.26. The fraction of sp³-hybridized carbons (Fsp3) is 0.889. The van der Waals surface area contributed by atoms with E-state index in [-0.39, 0.29) is 17.8 Å². The van der Waals surface area contributed by atoms with Gasteiger partial charge < -0.3 is 0 Å². The van der Waals surface area contributed by atoms with Crippen LogP contribution in [0, 0.1) is 23.7 Å². The lowest BCUT2D eigenvalue weighted by Gasteiger charge is -2.27. The van der Waals surface area contributed by atoms with E-state index >= 15 is 0 Å². The Bertz CT molecular complexity index is 316. The summed E-state index contributed by atoms with van der Waals surface area (Å²) in [6.07, 6.45) is 4.59. The van der Waals surface area contributed by atoms with Crippen molar-refractivity contribution in [3.63, 3.8) is 0 Å². The van der Waals surface area contributed by atoms with Gasteiger partial charge in [-0.2, -0.15) is 12.6 Å². The average molecular weight is 347 g/mol. The molecular weight excluding hydrogens is 312 g/mol. The Kier molecular flexibility index (Phi) is 12.5. The fourth-order valence-electron chi connectivity index (χ4n) is 2.44. The topological polar surface area (TPSA) is 34.1 Å². The van der Waals surface area contributed by atoms with Crippen LogP contribution in [0.15, 0.2) is 0 Å². The smallest absolute Gasteiger partial charge is 0.192 e. The predicted molar refractivity (Wildman–Crippen MR) is 102 cm³/mol. The van der Waals surface area contributed by atoms with Gasteiger partial charge in [0.2, 0.25) is 0 Å². The SMILES string of the molecule is CC(C)C.CC(C)C(=O)C1CCC(C(=O)SCCCS)CC1. The molecule has 0 radical (unpaired) electrons. The van der Waals surface area contributed by atoms with Crippen molar-refractivity contribution in [1.29, 1.82) is 0 Å². The Morgan fingerprint density at radius 3 is 1.86 bits per heavy atom. The number of carbonyl (C=O) groups excluding carboxylic acids is 2. The monoisotopic (exact) mass is 346 g/mol. The first-order chi connectivity index (χ1) is 10.3. The van der Waals surface area contributed by atoms with E-state index in [4.69, 9.17) is 0 Å². The third-order valence-electron chi connectivity index (χ3n) is 3.58. The Morgan fingerprint density at radius 1 is 1.00 bits per heavy atom. The van der Waals surface area contributed by atoms with E-state index in [0.29, 0.717) is 10.9 Å². The van der Waals surface area contributed by atoms with Crippen LogP contribution < -0.4 is 0 Å². The van der Waals surface area contributed by atoms with Gasteiger partial charge in [-0.1, -0.05) is 46.4 Å². The zero-order valence-corrected chi connectivity index (χ0v) is 16.6. The maximum Gasteiger partial charge on any atom is 0.192 e. The summed E-state index contributed by atoms with van der Waals surface area (Å²) in [6.45, 7) is 10.4. The van der Waals surface area contributed by atoms with E-state index in [9.17, 15) is 9.59 Å². The summed E-state index contributed by atoms with van der Waals surface area (Å²) in [7, 11) is 0. The quantitative estimate of drug-likeness (QED) is 0.526. The van der Waals surface area contributed by atoms with E-state index in [1.54, 1.807) is 0 Å². The molecule has 4 heteroatoms. The van der Waals surface area contributed by atoms with Gasteiger partial charge in [0.25, 0.3) is 0 Å². The van der Waals surface area contributed by atoms with Crippen LogP contribution in [0.3, 0.4) is 0 Å². The Hall–Kier alpha value is 0.0400. The van der Waals surface area contributed by atoms with Gasteiger partial charge in [-0.25, -0.2) is 0 Å². The molecule has 1 fully saturated rings. The molecule has 0 heterocycles. The number of carbonyl (C=O) groups is 2. The molecule has 0 atom stereocenters. The minimum Gasteiger partial charge on any atom is -0.299 e. The molecule has 130 valence electrons. The van der Waals surface area contributed by atoms with Crippen molar-refractivity contribution >= 4 is 35.3 Å². The van der Waals surface area contributed by atoms with Crippen LogP contribution in [0.4, 0.5) is 0 Å². The molecule has 0 N–H and O–H groups in total. The molecule has 2 nitrogen and oxygen atoms in total. The number of Topliss-reactive ketones (excluding diaryl/α,β-unsaturated/α-hetero) is 1. The van der Waals surface area contributed by atoms with Gasteiger partial charge in [0.15, 0.2) is 5.12 Å². The first-order valence-corrected chi connectivity index (χ1v) is 10.2. The van der Waals surface area contributed by atoms with Crippen LogP contribution in [0.2, 0.25) is 0 Å². The second-order valence-corrected chi connectivity index (χ2v) is 8.63. The molecular formula is C18H34O2S2. The highest BCUT2D eigenvalue weighted by molar-refractivity contribution is 8.13. The fourth-order valence-corrected chi connectivity index (χ4v) is 3.77. The van der Waals surface area contributed by atoms with Gasteiger partial charge in [0.1, 0.15) is 5.78 Å². The summed E-state index contributed by atoms with van der Waals surface area (Å²) >= 11 is 5.59. The number of hydrogen-bond donors (Lipinski definition) is 1. The van der Waals surface area contributed by atoms with Gasteiger partial charge in [0.05, 0.1) is 0 Å². The van der Waals surface area contributed by atoms with Gasteiger partial charge in [0, 0.05) is 23.5 Å². The van der Waals surface area contributed by atoms with Gasteiger partial charge in [-0.3, -0.25) is 9.59 Å². The molecule has 1 aliphatic rings. The van der Waals surface area contributed by atoms with Gasteiger partial charge >= 0.3 is 0 Å². The van der Waals surface area contributed by atoms with Crippen LogP contribution in [0.1, 0.15) is 66.7 Å². The van der Waals surface area contributed by atoms with Crippen LogP contribution in [-0.2, 0) is 9.59 Å². The first-order valence-electron chi connectivity index (χ1n) is 8.60. The normalized spacial score (nSPS) is 21.5. The lowest BCUT2D eigenvalue weighted by atomic mass is 9.78. The Morgan fingerprint density at radius 2 is 1.45 bits per heavy atom. The molecule has 1 aliphatic carbocycles. The molecule has 0 spiro atoms. The van der Waals surface area contributed by atoms with Crippen molar-refractivity contribution in [2.24, 2.45) is 23.7 Å². The minimum absolute atomic E-state index is 0.131. The van der Waals surface area contributed by atoms with Crippen LogP contribution in [0.25, 0.3) is 0 Å². The lowest BCUT2D eigenvalue weighted by Crippen LogP contribution is -2.27. The Labute approximate surface area is 147 Å². The van der Waals surface area contributed by atoms with Gasteiger partial charge in [-0.05, 0) is 43.8 Å². The van der Waals surface area contributed by atoms with Crippen LogP contribution in [0.5, 0.6) is 0 Å². The molecule has 0 aromatic heterocycles. The minimum atomic E-state index is 0.131. The maximum absolute atomic E-state index is 11.9. The molecule has 22 heavy (non-hydrogen) atoms. The molecule has 0 saturated heterocycles. The standard InChI is InChI=1S/C14H24O2S2.C4H10/c1-10(2)13(15)11-4-6-12(7-5-11)14(16)18-9-3-8-17;1-4(2)3/h10-12,17H,3-9H2,1-2H3;4H,1-3H3. The van der Waals surface area contributed by atoms with Crippen LogP contribution in [-0.4, -0.2) is 22.4 Å². The molecule has 0 bridgehead atoms. The van der Waals surface area contributed by atoms with Crippen molar-refractivity contribution < 1.29 is 9.59 Å². The second kappa shape index (κ2) is 12.5. The number of thiol groups is 1. The molecule has 1 saturated carbocycles. The summed E-state index contributed by atoms with van der Waals surface area (Å²) < 4.78 is 0. The number of ketones is 1. The van der Waals surface area contributed by atoms with E-state index in [1.807, 2.05) is 13.8 Å². The lowest BCUT2D eigenvalue weighted by molar-refractivity contribution is -0.128. The first kappa shape index (κ1) is 22.0. The van der Waals surface area contributed by atoms with Crippen molar-refractivity contribution in [3.8, 4) is 0 Å². The molecule has 0 aromatic carbocycles. The van der Waals surface area contributed by atoms with Gasteiger partial charge in [-0.15, -0.1) is 0 Å². The summed E-state index contributed by atoms with van der Waals surface area (Å²) in [5.41, 5.74) is 0. The summed E-state index contributed by atoms with van der Waals surface area (Å²) in [5, 5.41) is 0.326. The van der Waals surface area contributed by atoms with E-state index in [0.717, 1.165) is 49.5 Å². The zero-order valence-electron chi connectivity index (χ0n) is 14.9. The van der Waals surface area contributed by atoms with E-state index in [1.165, 1.54) is 11.8 Å². The number of thioether (sulfide) groups is 1. The second-order valence-electron chi connectivity index (χ2n) is 7.08. The van der Waals surface area contributed by atoms with E-state index < -0.39 is 0 Å². The van der Waals surface area contributed by atoms with Crippen molar-refractivity contribution in [3.05, 3.63) is 0 Å². The van der Waals surface area contributed by atoms with Crippen molar-refractivity contribution in [2.75, 3.05) is 11.5 Å². The molecule has 0 amide bonds. The third kappa shape index (κ3) is 9.94. The summed E-state index contributed by atoms with van der Waals surface area (Å²) in [5.74, 6) is 3.46. The largest absolute Gasteiger partial charge is 0.299 e. The Balaban J connectivity index is 0.000000980. The molecule has 0 aromatic rings. The molecule has 1 rings (SSSR count). The van der Waals surface area contributed by atoms with Crippen LogP contribution >= 0.6 is 24.4 Å². The third-order valence-corrected chi connectivity index (χ3v) is 5.01. The summed E-state index contributed by atoms with van der Waals surface area (Å²) in [4.78, 5) is 23.8. The highest BCUT2D eigenvalue weighted by atomic mass is 32.2. The zero-order chi connectivity index (χ0) is 17.1. The number of rotatable bonds is 6. The number of hydrogen-bond acceptors (Lipinski definition) is 4. The maximum atomic E-state index is 11.9. The van der Waals surface area contributed by atoms with Crippen molar-refractivity contribution in [1.82, 2.24) is 0 Å². The average Bonchev–Trinajstić information content (AvgIpc) is 2.46. The highest BCUT2D eigenvalue weighted by Crippen LogP contribution is 2.33.